The molecule has 0 aliphatic heterocycles. The maximum Gasteiger partial charge on any atom is 0.326 e. The summed E-state index contributed by atoms with van der Waals surface area (Å²) in [5.74, 6) is -3.56. The van der Waals surface area contributed by atoms with Crippen LogP contribution in [0.1, 0.15) is 38.7 Å². The average molecular weight is 524 g/mol. The van der Waals surface area contributed by atoms with Crippen LogP contribution in [0.3, 0.4) is 0 Å². The van der Waals surface area contributed by atoms with E-state index in [2.05, 4.69) is 16.0 Å². The highest BCUT2D eigenvalue weighted by atomic mass is 32.2. The Hall–Kier alpha value is -3.12. The zero-order valence-corrected chi connectivity index (χ0v) is 21.7. The van der Waals surface area contributed by atoms with Crippen LogP contribution in [0.15, 0.2) is 30.3 Å². The number of aliphatic carboxylic acids is 1. The third-order valence-corrected chi connectivity index (χ3v) is 5.89. The molecule has 4 atom stereocenters. The van der Waals surface area contributed by atoms with E-state index in [4.69, 9.17) is 11.5 Å². The summed E-state index contributed by atoms with van der Waals surface area (Å²) in [5.41, 5.74) is 11.8. The number of nitrogens with two attached hydrogens (primary N) is 2. The van der Waals surface area contributed by atoms with Crippen molar-refractivity contribution in [2.24, 2.45) is 17.4 Å². The summed E-state index contributed by atoms with van der Waals surface area (Å²) in [6.07, 6.45) is 2.09. The number of carbonyl (C=O) groups excluding carboxylic acids is 4. The molecule has 36 heavy (non-hydrogen) atoms. The minimum atomic E-state index is -1.53. The zero-order chi connectivity index (χ0) is 27.3. The molecule has 0 heterocycles. The van der Waals surface area contributed by atoms with E-state index < -0.39 is 60.2 Å². The fourth-order valence-electron chi connectivity index (χ4n) is 3.36. The summed E-state index contributed by atoms with van der Waals surface area (Å²) in [5, 5.41) is 16.9. The lowest BCUT2D eigenvalue weighted by atomic mass is 10.0. The number of benzene rings is 1. The van der Waals surface area contributed by atoms with Crippen molar-refractivity contribution in [1.82, 2.24) is 16.0 Å². The SMILES string of the molecule is CSCCC(N)C(=O)NC(Cc1ccccc1)C(=O)NC(CC(C)C)C(=O)NC(CC(N)=O)C(=O)O. The molecule has 0 radical (unpaired) electrons. The second-order valence-corrected chi connectivity index (χ2v) is 9.89. The largest absolute Gasteiger partial charge is 0.480 e. The second kappa shape index (κ2) is 15.8. The normalized spacial score (nSPS) is 14.2. The van der Waals surface area contributed by atoms with E-state index >= 15 is 0 Å². The standard InChI is InChI=1S/C24H37N5O6S/c1-14(2)11-17(22(32)29-19(24(34)35)13-20(26)30)28-23(33)18(12-15-7-5-4-6-8-15)27-21(31)16(25)9-10-36-3/h4-8,14,16-19H,9-13,25H2,1-3H3,(H2,26,30)(H,27,31)(H,28,33)(H,29,32)(H,34,35). The smallest absolute Gasteiger partial charge is 0.326 e. The summed E-state index contributed by atoms with van der Waals surface area (Å²) in [7, 11) is 0. The summed E-state index contributed by atoms with van der Waals surface area (Å²) >= 11 is 1.55. The third-order valence-electron chi connectivity index (χ3n) is 5.25. The Morgan fingerprint density at radius 3 is 2.00 bits per heavy atom. The molecular formula is C24H37N5O6S. The van der Waals surface area contributed by atoms with Crippen molar-refractivity contribution in [3.63, 3.8) is 0 Å². The van der Waals surface area contributed by atoms with Crippen molar-refractivity contribution in [2.45, 2.75) is 63.7 Å². The lowest BCUT2D eigenvalue weighted by Crippen LogP contribution is -2.58. The molecule has 0 spiro atoms. The second-order valence-electron chi connectivity index (χ2n) is 8.90. The molecule has 1 rings (SSSR count). The van der Waals surface area contributed by atoms with Gasteiger partial charge in [-0.2, -0.15) is 11.8 Å². The van der Waals surface area contributed by atoms with Gasteiger partial charge in [-0.3, -0.25) is 19.2 Å². The van der Waals surface area contributed by atoms with Gasteiger partial charge in [-0.15, -0.1) is 0 Å². The Kier molecular flexibility index (Phi) is 13.6. The van der Waals surface area contributed by atoms with Gasteiger partial charge in [0.2, 0.25) is 23.6 Å². The van der Waals surface area contributed by atoms with Crippen LogP contribution < -0.4 is 27.4 Å². The van der Waals surface area contributed by atoms with Crippen LogP contribution >= 0.6 is 11.8 Å². The molecule has 4 unspecified atom stereocenters. The fourth-order valence-corrected chi connectivity index (χ4v) is 3.85. The van der Waals surface area contributed by atoms with Crippen molar-refractivity contribution < 1.29 is 29.1 Å². The maximum absolute atomic E-state index is 13.3. The number of primary amides is 1. The number of carboxylic acids is 1. The van der Waals surface area contributed by atoms with Crippen molar-refractivity contribution in [3.8, 4) is 0 Å². The van der Waals surface area contributed by atoms with Crippen molar-refractivity contribution in [3.05, 3.63) is 35.9 Å². The molecule has 0 bridgehead atoms. The number of amides is 4. The highest BCUT2D eigenvalue weighted by Gasteiger charge is 2.31. The number of thioether (sulfide) groups is 1. The fraction of sp³-hybridized carbons (Fsp3) is 0.542. The summed E-state index contributed by atoms with van der Waals surface area (Å²) in [4.78, 5) is 61.5. The number of hydrogen-bond donors (Lipinski definition) is 6. The van der Waals surface area contributed by atoms with Crippen LogP contribution in [0.5, 0.6) is 0 Å². The van der Waals surface area contributed by atoms with Crippen molar-refractivity contribution >= 4 is 41.4 Å². The Morgan fingerprint density at radius 2 is 1.47 bits per heavy atom. The van der Waals surface area contributed by atoms with Crippen LogP contribution in [0.4, 0.5) is 0 Å². The predicted octanol–water partition coefficient (Wildman–Crippen LogP) is -0.230. The molecule has 200 valence electrons. The topological polar surface area (TPSA) is 194 Å². The van der Waals surface area contributed by atoms with E-state index in [9.17, 15) is 29.1 Å². The number of carbonyl (C=O) groups is 5. The van der Waals surface area contributed by atoms with Gasteiger partial charge in [-0.1, -0.05) is 44.2 Å². The molecular weight excluding hydrogens is 486 g/mol. The Bertz CT molecular complexity index is 898. The highest BCUT2D eigenvalue weighted by molar-refractivity contribution is 7.98. The van der Waals surface area contributed by atoms with E-state index in [-0.39, 0.29) is 18.8 Å². The van der Waals surface area contributed by atoms with Gasteiger partial charge >= 0.3 is 5.97 Å². The summed E-state index contributed by atoms with van der Waals surface area (Å²) in [6.45, 7) is 3.66. The highest BCUT2D eigenvalue weighted by Crippen LogP contribution is 2.09. The quantitative estimate of drug-likeness (QED) is 0.171. The lowest BCUT2D eigenvalue weighted by molar-refractivity contribution is -0.143. The Morgan fingerprint density at radius 1 is 0.917 bits per heavy atom. The number of carboxylic acid groups (broad SMARTS) is 1. The molecule has 4 amide bonds. The van der Waals surface area contributed by atoms with Crippen LogP contribution in [-0.2, 0) is 30.4 Å². The summed E-state index contributed by atoms with van der Waals surface area (Å²) < 4.78 is 0. The first-order valence-electron chi connectivity index (χ1n) is 11.6. The van der Waals surface area contributed by atoms with Crippen LogP contribution in [-0.4, -0.2) is 70.9 Å². The maximum atomic E-state index is 13.3. The summed E-state index contributed by atoms with van der Waals surface area (Å²) in [6, 6.07) is 4.57. The molecule has 11 nitrogen and oxygen atoms in total. The minimum absolute atomic E-state index is 0.0393. The van der Waals surface area contributed by atoms with E-state index in [1.165, 1.54) is 0 Å². The first-order chi connectivity index (χ1) is 16.9. The van der Waals surface area contributed by atoms with E-state index in [1.807, 2.05) is 26.2 Å². The molecule has 0 saturated heterocycles. The molecule has 0 aliphatic rings. The molecule has 0 saturated carbocycles. The first kappa shape index (κ1) is 30.9. The van der Waals surface area contributed by atoms with Gasteiger partial charge in [0.05, 0.1) is 12.5 Å². The van der Waals surface area contributed by atoms with E-state index in [0.29, 0.717) is 12.2 Å². The molecule has 1 aromatic rings. The lowest BCUT2D eigenvalue weighted by Gasteiger charge is -2.26. The molecule has 12 heteroatoms. The van der Waals surface area contributed by atoms with Crippen molar-refractivity contribution in [1.29, 1.82) is 0 Å². The predicted molar refractivity (Wildman–Crippen MR) is 138 cm³/mol. The van der Waals surface area contributed by atoms with Gasteiger partial charge in [0.1, 0.15) is 18.1 Å². The molecule has 0 fully saturated rings. The van der Waals surface area contributed by atoms with Crippen LogP contribution in [0.25, 0.3) is 0 Å². The molecule has 0 aromatic heterocycles. The number of nitrogens with one attached hydrogen (secondary N) is 3. The molecule has 8 N–H and O–H groups in total. The van der Waals surface area contributed by atoms with Crippen LogP contribution in [0.2, 0.25) is 0 Å². The Labute approximate surface area is 215 Å². The number of rotatable bonds is 16. The molecule has 0 aliphatic carbocycles. The van der Waals surface area contributed by atoms with Gasteiger partial charge in [0.25, 0.3) is 0 Å². The first-order valence-corrected chi connectivity index (χ1v) is 13.0. The van der Waals surface area contributed by atoms with Crippen LogP contribution in [0, 0.1) is 5.92 Å². The zero-order valence-electron chi connectivity index (χ0n) is 20.9. The van der Waals surface area contributed by atoms with Gasteiger partial charge in [0.15, 0.2) is 0 Å². The Balaban J connectivity index is 3.08. The third kappa shape index (κ3) is 11.5. The molecule has 1 aromatic carbocycles. The number of hydrogen-bond acceptors (Lipinski definition) is 7. The van der Waals surface area contributed by atoms with Gasteiger partial charge in [-0.25, -0.2) is 4.79 Å². The van der Waals surface area contributed by atoms with Gasteiger partial charge < -0.3 is 32.5 Å². The van der Waals surface area contributed by atoms with Gasteiger partial charge in [-0.05, 0) is 36.3 Å². The van der Waals surface area contributed by atoms with E-state index in [1.54, 1.807) is 36.0 Å². The average Bonchev–Trinajstić information content (AvgIpc) is 2.80. The van der Waals surface area contributed by atoms with E-state index in [0.717, 1.165) is 5.56 Å². The minimum Gasteiger partial charge on any atom is -0.480 e. The van der Waals surface area contributed by atoms with Crippen molar-refractivity contribution in [2.75, 3.05) is 12.0 Å². The monoisotopic (exact) mass is 523 g/mol. The van der Waals surface area contributed by atoms with Gasteiger partial charge in [0, 0.05) is 6.42 Å².